The zero-order chi connectivity index (χ0) is 23.5. The van der Waals surface area contributed by atoms with E-state index >= 15 is 0 Å². The molecule has 0 radical (unpaired) electrons. The molecule has 1 aromatic carbocycles. The first-order valence-electron chi connectivity index (χ1n) is 10.2. The minimum atomic E-state index is -3.77. The van der Waals surface area contributed by atoms with E-state index in [-0.39, 0.29) is 16.6 Å². The molecule has 10 heteroatoms. The molecule has 0 bridgehead atoms. The average Bonchev–Trinajstić information content (AvgIpc) is 3.21. The fourth-order valence-corrected chi connectivity index (χ4v) is 4.26. The fraction of sp³-hybridized carbons (Fsp3) is 0.318. The summed E-state index contributed by atoms with van der Waals surface area (Å²) in [5.41, 5.74) is 1.42. The summed E-state index contributed by atoms with van der Waals surface area (Å²) in [5, 5.41) is 7.15. The van der Waals surface area contributed by atoms with Gasteiger partial charge in [-0.25, -0.2) is 22.4 Å². The minimum Gasteiger partial charge on any atom is -0.492 e. The SMILES string of the molecule is CCOc1ccc(NC(=O)c2cnn(-c3ccccn3)c2C(C)C)cc1S(=O)(=O)N(C)C. The molecule has 0 aliphatic heterocycles. The summed E-state index contributed by atoms with van der Waals surface area (Å²) in [4.78, 5) is 17.4. The molecule has 0 aliphatic rings. The molecule has 9 nitrogen and oxygen atoms in total. The number of hydrogen-bond acceptors (Lipinski definition) is 6. The molecule has 32 heavy (non-hydrogen) atoms. The number of rotatable bonds is 8. The highest BCUT2D eigenvalue weighted by molar-refractivity contribution is 7.89. The molecule has 0 fully saturated rings. The monoisotopic (exact) mass is 457 g/mol. The maximum Gasteiger partial charge on any atom is 0.259 e. The van der Waals surface area contributed by atoms with E-state index < -0.39 is 15.9 Å². The molecule has 0 aliphatic carbocycles. The molecular formula is C22H27N5O4S. The predicted molar refractivity (Wildman–Crippen MR) is 122 cm³/mol. The topological polar surface area (TPSA) is 106 Å². The van der Waals surface area contributed by atoms with Crippen molar-refractivity contribution in [1.82, 2.24) is 19.1 Å². The summed E-state index contributed by atoms with van der Waals surface area (Å²) in [6, 6.07) is 10.0. The van der Waals surface area contributed by atoms with Crippen LogP contribution < -0.4 is 10.1 Å². The van der Waals surface area contributed by atoms with Crippen LogP contribution in [0.4, 0.5) is 5.69 Å². The molecule has 0 saturated carbocycles. The third kappa shape index (κ3) is 4.66. The van der Waals surface area contributed by atoms with Crippen LogP contribution >= 0.6 is 0 Å². The van der Waals surface area contributed by atoms with Gasteiger partial charge in [-0.3, -0.25) is 4.79 Å². The van der Waals surface area contributed by atoms with Crippen molar-refractivity contribution >= 4 is 21.6 Å². The molecule has 0 saturated heterocycles. The predicted octanol–water partition coefficient (Wildman–Crippen LogP) is 3.29. The van der Waals surface area contributed by atoms with Gasteiger partial charge in [0.25, 0.3) is 5.91 Å². The molecule has 0 spiro atoms. The Labute approximate surface area is 188 Å². The van der Waals surface area contributed by atoms with Gasteiger partial charge in [-0.1, -0.05) is 19.9 Å². The lowest BCUT2D eigenvalue weighted by atomic mass is 10.1. The van der Waals surface area contributed by atoms with Gasteiger partial charge in [-0.05, 0) is 43.2 Å². The number of ether oxygens (including phenoxy) is 1. The van der Waals surface area contributed by atoms with E-state index in [1.807, 2.05) is 26.0 Å². The number of pyridine rings is 1. The van der Waals surface area contributed by atoms with Crippen molar-refractivity contribution in [2.24, 2.45) is 0 Å². The van der Waals surface area contributed by atoms with Gasteiger partial charge in [-0.2, -0.15) is 5.10 Å². The van der Waals surface area contributed by atoms with E-state index in [2.05, 4.69) is 15.4 Å². The number of aromatic nitrogens is 3. The van der Waals surface area contributed by atoms with Crippen LogP contribution in [0.1, 0.15) is 42.7 Å². The zero-order valence-corrected chi connectivity index (χ0v) is 19.5. The first-order valence-corrected chi connectivity index (χ1v) is 11.6. The molecule has 3 rings (SSSR count). The van der Waals surface area contributed by atoms with Gasteiger partial charge in [0, 0.05) is 26.0 Å². The Morgan fingerprint density at radius 1 is 1.22 bits per heavy atom. The van der Waals surface area contributed by atoms with Gasteiger partial charge in [0.05, 0.1) is 24.1 Å². The van der Waals surface area contributed by atoms with E-state index in [4.69, 9.17) is 4.74 Å². The van der Waals surface area contributed by atoms with Gasteiger partial charge < -0.3 is 10.1 Å². The smallest absolute Gasteiger partial charge is 0.259 e. The number of nitrogens with one attached hydrogen (secondary N) is 1. The maximum atomic E-state index is 13.1. The summed E-state index contributed by atoms with van der Waals surface area (Å²) in [5.74, 6) is 0.430. The summed E-state index contributed by atoms with van der Waals surface area (Å²) >= 11 is 0. The van der Waals surface area contributed by atoms with Crippen molar-refractivity contribution in [3.63, 3.8) is 0 Å². The summed E-state index contributed by atoms with van der Waals surface area (Å²) in [7, 11) is -0.890. The van der Waals surface area contributed by atoms with Crippen LogP contribution in [0.2, 0.25) is 0 Å². The Bertz CT molecular complexity index is 1200. The fourth-order valence-electron chi connectivity index (χ4n) is 3.21. The highest BCUT2D eigenvalue weighted by atomic mass is 32.2. The Balaban J connectivity index is 1.98. The van der Waals surface area contributed by atoms with Crippen molar-refractivity contribution in [2.45, 2.75) is 31.6 Å². The minimum absolute atomic E-state index is 0.00901. The second-order valence-corrected chi connectivity index (χ2v) is 9.65. The van der Waals surface area contributed by atoms with Crippen LogP contribution in [0.3, 0.4) is 0 Å². The summed E-state index contributed by atoms with van der Waals surface area (Å²) in [6.45, 7) is 6.01. The molecule has 0 unspecified atom stereocenters. The number of anilines is 1. The molecule has 2 heterocycles. The van der Waals surface area contributed by atoms with E-state index in [0.29, 0.717) is 29.4 Å². The average molecular weight is 458 g/mol. The van der Waals surface area contributed by atoms with Crippen molar-refractivity contribution in [3.8, 4) is 11.6 Å². The van der Waals surface area contributed by atoms with E-state index in [1.54, 1.807) is 29.9 Å². The van der Waals surface area contributed by atoms with Gasteiger partial charge >= 0.3 is 0 Å². The van der Waals surface area contributed by atoms with Crippen molar-refractivity contribution in [3.05, 3.63) is 60.0 Å². The second kappa shape index (κ2) is 9.49. The Morgan fingerprint density at radius 3 is 2.56 bits per heavy atom. The molecule has 2 aromatic heterocycles. The number of amides is 1. The van der Waals surface area contributed by atoms with Gasteiger partial charge in [0.2, 0.25) is 10.0 Å². The summed E-state index contributed by atoms with van der Waals surface area (Å²) in [6.07, 6.45) is 3.15. The quantitative estimate of drug-likeness (QED) is 0.556. The van der Waals surface area contributed by atoms with E-state index in [9.17, 15) is 13.2 Å². The second-order valence-electron chi connectivity index (χ2n) is 7.53. The van der Waals surface area contributed by atoms with Crippen LogP contribution in [0.25, 0.3) is 5.82 Å². The number of carbonyl (C=O) groups excluding carboxylic acids is 1. The molecule has 3 aromatic rings. The summed E-state index contributed by atoms with van der Waals surface area (Å²) < 4.78 is 33.7. The largest absolute Gasteiger partial charge is 0.492 e. The van der Waals surface area contributed by atoms with E-state index in [0.717, 1.165) is 4.31 Å². The van der Waals surface area contributed by atoms with Crippen molar-refractivity contribution in [2.75, 3.05) is 26.0 Å². The van der Waals surface area contributed by atoms with Gasteiger partial charge in [0.15, 0.2) is 5.82 Å². The highest BCUT2D eigenvalue weighted by Crippen LogP contribution is 2.30. The third-order valence-electron chi connectivity index (χ3n) is 4.72. The van der Waals surface area contributed by atoms with Crippen LogP contribution in [-0.2, 0) is 10.0 Å². The normalized spacial score (nSPS) is 11.7. The molecule has 1 amide bonds. The van der Waals surface area contributed by atoms with Gasteiger partial charge in [0.1, 0.15) is 10.6 Å². The standard InChI is InChI=1S/C22H27N5O4S/c1-6-31-18-11-10-16(13-19(18)32(29,30)26(4)5)25-22(28)17-14-24-27(21(17)15(2)3)20-9-7-8-12-23-20/h7-15H,6H2,1-5H3,(H,25,28). The molecule has 170 valence electrons. The Kier molecular flexibility index (Phi) is 6.95. The molecule has 1 N–H and O–H groups in total. The number of hydrogen-bond donors (Lipinski definition) is 1. The first-order chi connectivity index (χ1) is 15.2. The van der Waals surface area contributed by atoms with Crippen LogP contribution in [-0.4, -0.2) is 54.1 Å². The van der Waals surface area contributed by atoms with Crippen LogP contribution in [0.15, 0.2) is 53.7 Å². The maximum absolute atomic E-state index is 13.1. The highest BCUT2D eigenvalue weighted by Gasteiger charge is 2.25. The van der Waals surface area contributed by atoms with Crippen molar-refractivity contribution in [1.29, 1.82) is 0 Å². The third-order valence-corrected chi connectivity index (χ3v) is 6.56. The lowest BCUT2D eigenvalue weighted by Gasteiger charge is -2.17. The van der Waals surface area contributed by atoms with Crippen LogP contribution in [0, 0.1) is 0 Å². The number of sulfonamides is 1. The Morgan fingerprint density at radius 2 is 1.97 bits per heavy atom. The molecular weight excluding hydrogens is 430 g/mol. The van der Waals surface area contributed by atoms with Crippen molar-refractivity contribution < 1.29 is 17.9 Å². The lowest BCUT2D eigenvalue weighted by Crippen LogP contribution is -2.23. The molecule has 0 atom stereocenters. The van der Waals surface area contributed by atoms with Crippen LogP contribution in [0.5, 0.6) is 5.75 Å². The Hall–Kier alpha value is -3.24. The number of carbonyl (C=O) groups is 1. The number of nitrogens with zero attached hydrogens (tertiary/aromatic N) is 4. The van der Waals surface area contributed by atoms with Gasteiger partial charge in [-0.15, -0.1) is 0 Å². The number of benzene rings is 1. The first kappa shape index (κ1) is 23.4. The zero-order valence-electron chi connectivity index (χ0n) is 18.7. The lowest BCUT2D eigenvalue weighted by molar-refractivity contribution is 0.102. The van der Waals surface area contributed by atoms with E-state index in [1.165, 1.54) is 32.4 Å².